The smallest absolute Gasteiger partial charge is 0.348 e. The van der Waals surface area contributed by atoms with Crippen molar-refractivity contribution in [2.75, 3.05) is 19.0 Å². The first-order valence-electron chi connectivity index (χ1n) is 5.80. The summed E-state index contributed by atoms with van der Waals surface area (Å²) in [6.45, 7) is -0.296. The van der Waals surface area contributed by atoms with Gasteiger partial charge in [-0.1, -0.05) is 0 Å². The predicted molar refractivity (Wildman–Crippen MR) is 71.4 cm³/mol. The highest BCUT2D eigenvalue weighted by Gasteiger charge is 2.11. The molecule has 0 aliphatic heterocycles. The lowest BCUT2D eigenvalue weighted by atomic mass is 10.2. The number of aromatic nitrogens is 4. The number of nitrogens with zero attached hydrogens (tertiary/aromatic N) is 4. The Labute approximate surface area is 108 Å². The average molecular weight is 259 g/mol. The van der Waals surface area contributed by atoms with Crippen molar-refractivity contribution >= 4 is 22.2 Å². The van der Waals surface area contributed by atoms with Crippen molar-refractivity contribution in [2.45, 2.75) is 6.61 Å². The van der Waals surface area contributed by atoms with Gasteiger partial charge >= 0.3 is 5.69 Å². The van der Waals surface area contributed by atoms with Gasteiger partial charge in [-0.3, -0.25) is 0 Å². The fourth-order valence-electron chi connectivity index (χ4n) is 2.01. The lowest BCUT2D eigenvalue weighted by Crippen LogP contribution is -2.18. The number of nitrogens with one attached hydrogen (secondary N) is 1. The van der Waals surface area contributed by atoms with Gasteiger partial charge in [0.15, 0.2) is 11.5 Å². The quantitative estimate of drug-likeness (QED) is 0.683. The zero-order valence-electron chi connectivity index (χ0n) is 10.6. The van der Waals surface area contributed by atoms with E-state index in [1.165, 1.54) is 4.52 Å². The molecule has 0 radical (unpaired) electrons. The minimum atomic E-state index is -0.368. The molecule has 2 N–H and O–H groups in total. The Morgan fingerprint density at radius 2 is 2.21 bits per heavy atom. The Balaban J connectivity index is 2.44. The Bertz CT molecular complexity index is 818. The van der Waals surface area contributed by atoms with Crippen LogP contribution in [0.1, 0.15) is 5.82 Å². The predicted octanol–water partition coefficient (Wildman–Crippen LogP) is 0.129. The van der Waals surface area contributed by atoms with Crippen LogP contribution in [0.25, 0.3) is 16.6 Å². The van der Waals surface area contributed by atoms with Crippen molar-refractivity contribution in [3.8, 4) is 0 Å². The Hall–Kier alpha value is -2.41. The number of benzene rings is 1. The van der Waals surface area contributed by atoms with Gasteiger partial charge in [0.2, 0.25) is 0 Å². The number of rotatable bonds is 2. The van der Waals surface area contributed by atoms with Crippen LogP contribution < -0.4 is 10.6 Å². The molecule has 0 bridgehead atoms. The van der Waals surface area contributed by atoms with E-state index in [2.05, 4.69) is 15.1 Å². The maximum absolute atomic E-state index is 11.9. The van der Waals surface area contributed by atoms with E-state index in [0.717, 1.165) is 11.1 Å². The summed E-state index contributed by atoms with van der Waals surface area (Å²) in [4.78, 5) is 20.7. The van der Waals surface area contributed by atoms with Gasteiger partial charge in [0, 0.05) is 25.2 Å². The first-order chi connectivity index (χ1) is 9.10. The molecule has 3 rings (SSSR count). The fourth-order valence-corrected chi connectivity index (χ4v) is 2.01. The number of fused-ring (bicyclic) bond motifs is 3. The summed E-state index contributed by atoms with van der Waals surface area (Å²) in [5.74, 6) is 0.230. The van der Waals surface area contributed by atoms with Gasteiger partial charge < -0.3 is 15.0 Å². The van der Waals surface area contributed by atoms with E-state index in [1.54, 1.807) is 0 Å². The van der Waals surface area contributed by atoms with Crippen LogP contribution in [0.4, 0.5) is 5.69 Å². The van der Waals surface area contributed by atoms with Gasteiger partial charge in [-0.15, -0.1) is 5.10 Å². The molecule has 3 aromatic rings. The molecule has 1 aromatic carbocycles. The molecule has 0 fully saturated rings. The molecule has 0 aliphatic rings. The van der Waals surface area contributed by atoms with Crippen LogP contribution in [0.3, 0.4) is 0 Å². The number of H-pyrrole nitrogens is 1. The zero-order chi connectivity index (χ0) is 13.6. The lowest BCUT2D eigenvalue weighted by molar-refractivity contribution is 0.271. The highest BCUT2D eigenvalue weighted by atomic mass is 16.3. The molecule has 2 aromatic heterocycles. The average Bonchev–Trinajstić information content (AvgIpc) is 2.83. The Morgan fingerprint density at radius 3 is 2.89 bits per heavy atom. The number of aliphatic hydroxyl groups excluding tert-OH is 1. The first kappa shape index (κ1) is 11.7. The zero-order valence-corrected chi connectivity index (χ0v) is 10.6. The maximum Gasteiger partial charge on any atom is 0.348 e. The minimum Gasteiger partial charge on any atom is -0.388 e. The maximum atomic E-state index is 11.9. The van der Waals surface area contributed by atoms with Crippen molar-refractivity contribution in [2.24, 2.45) is 0 Å². The lowest BCUT2D eigenvalue weighted by Gasteiger charge is -2.12. The number of hydrogen-bond donors (Lipinski definition) is 2. The van der Waals surface area contributed by atoms with Crippen LogP contribution in [0.5, 0.6) is 0 Å². The summed E-state index contributed by atoms with van der Waals surface area (Å²) >= 11 is 0. The third-order valence-electron chi connectivity index (χ3n) is 2.99. The van der Waals surface area contributed by atoms with Crippen molar-refractivity contribution in [1.82, 2.24) is 19.6 Å². The largest absolute Gasteiger partial charge is 0.388 e. The molecular weight excluding hydrogens is 246 g/mol. The van der Waals surface area contributed by atoms with E-state index in [-0.39, 0.29) is 18.1 Å². The number of aromatic amines is 1. The molecule has 19 heavy (non-hydrogen) atoms. The van der Waals surface area contributed by atoms with Crippen molar-refractivity contribution in [3.63, 3.8) is 0 Å². The summed E-state index contributed by atoms with van der Waals surface area (Å²) < 4.78 is 1.17. The van der Waals surface area contributed by atoms with Crippen LogP contribution in [-0.2, 0) is 6.61 Å². The molecule has 7 heteroatoms. The molecule has 0 spiro atoms. The molecule has 0 saturated carbocycles. The van der Waals surface area contributed by atoms with Crippen LogP contribution in [0.15, 0.2) is 23.0 Å². The molecule has 98 valence electrons. The van der Waals surface area contributed by atoms with Crippen LogP contribution in [0, 0.1) is 0 Å². The van der Waals surface area contributed by atoms with E-state index < -0.39 is 0 Å². The number of hydrogen-bond acceptors (Lipinski definition) is 5. The van der Waals surface area contributed by atoms with Crippen molar-refractivity contribution < 1.29 is 5.11 Å². The Kier molecular flexibility index (Phi) is 2.49. The van der Waals surface area contributed by atoms with E-state index in [9.17, 15) is 4.79 Å². The number of aliphatic hydroxyl groups is 1. The van der Waals surface area contributed by atoms with E-state index >= 15 is 0 Å². The third kappa shape index (κ3) is 1.75. The fraction of sp³-hybridized carbons (Fsp3) is 0.250. The molecule has 0 amide bonds. The molecule has 0 atom stereocenters. The van der Waals surface area contributed by atoms with Crippen molar-refractivity contribution in [3.05, 3.63) is 34.5 Å². The van der Waals surface area contributed by atoms with Gasteiger partial charge in [-0.05, 0) is 18.2 Å². The first-order valence-corrected chi connectivity index (χ1v) is 5.80. The topological polar surface area (TPSA) is 86.5 Å². The molecule has 0 aliphatic carbocycles. The van der Waals surface area contributed by atoms with E-state index in [1.807, 2.05) is 37.2 Å². The van der Waals surface area contributed by atoms with Gasteiger partial charge in [-0.2, -0.15) is 4.52 Å². The highest BCUT2D eigenvalue weighted by molar-refractivity contribution is 5.93. The summed E-state index contributed by atoms with van der Waals surface area (Å²) in [6.07, 6.45) is 0. The van der Waals surface area contributed by atoms with Gasteiger partial charge in [-0.25, -0.2) is 9.78 Å². The summed E-state index contributed by atoms with van der Waals surface area (Å²) in [6, 6.07) is 5.67. The summed E-state index contributed by atoms with van der Waals surface area (Å²) in [5.41, 5.74) is 1.77. The van der Waals surface area contributed by atoms with Crippen LogP contribution >= 0.6 is 0 Å². The molecule has 0 unspecified atom stereocenters. The van der Waals surface area contributed by atoms with E-state index in [0.29, 0.717) is 11.2 Å². The molecular formula is C12H13N5O2. The second-order valence-electron chi connectivity index (χ2n) is 4.48. The highest BCUT2D eigenvalue weighted by Crippen LogP contribution is 2.21. The van der Waals surface area contributed by atoms with Crippen LogP contribution in [-0.4, -0.2) is 38.8 Å². The van der Waals surface area contributed by atoms with Crippen molar-refractivity contribution in [1.29, 1.82) is 0 Å². The minimum absolute atomic E-state index is 0.230. The molecule has 7 nitrogen and oxygen atoms in total. The summed E-state index contributed by atoms with van der Waals surface area (Å²) in [7, 11) is 3.88. The van der Waals surface area contributed by atoms with Crippen LogP contribution in [0.2, 0.25) is 0 Å². The summed E-state index contributed by atoms with van der Waals surface area (Å²) in [5, 5.41) is 13.8. The second-order valence-corrected chi connectivity index (χ2v) is 4.48. The van der Waals surface area contributed by atoms with Gasteiger partial charge in [0.25, 0.3) is 0 Å². The van der Waals surface area contributed by atoms with Gasteiger partial charge in [0.05, 0.1) is 5.52 Å². The van der Waals surface area contributed by atoms with Gasteiger partial charge in [0.1, 0.15) is 6.61 Å². The number of anilines is 1. The normalized spacial score (nSPS) is 11.3. The molecule has 2 heterocycles. The molecule has 0 saturated heterocycles. The SMILES string of the molecule is CN(C)c1ccc2[nH]c(=O)n3nc(CO)nc3c2c1. The Morgan fingerprint density at radius 1 is 1.42 bits per heavy atom. The standard InChI is InChI=1S/C12H13N5O2/c1-16(2)7-3-4-9-8(5-7)11-14-10(6-18)15-17(11)12(19)13-9/h3-5,18H,6H2,1-2H3,(H,13,19). The second kappa shape index (κ2) is 4.06. The van der Waals surface area contributed by atoms with E-state index in [4.69, 9.17) is 5.11 Å². The monoisotopic (exact) mass is 259 g/mol. The third-order valence-corrected chi connectivity index (χ3v) is 2.99.